The lowest BCUT2D eigenvalue weighted by atomic mass is 10.1. The molecule has 3 aromatic rings. The van der Waals surface area contributed by atoms with Crippen molar-refractivity contribution in [2.45, 2.75) is 19.7 Å². The summed E-state index contributed by atoms with van der Waals surface area (Å²) in [7, 11) is 0. The SMILES string of the molecule is CCOc1cc(/C=C(\C#N)C(=O)Nc2cccc(C(F)(F)F)c2)c(Br)cc1OCc1ccc(Cl)cc1. The average molecular weight is 580 g/mol. The van der Waals surface area contributed by atoms with Crippen molar-refractivity contribution in [1.29, 1.82) is 5.26 Å². The Balaban J connectivity index is 1.84. The number of hydrogen-bond acceptors (Lipinski definition) is 4. The van der Waals surface area contributed by atoms with Crippen molar-refractivity contribution in [2.75, 3.05) is 11.9 Å². The van der Waals surface area contributed by atoms with Gasteiger partial charge in [-0.05, 0) is 66.6 Å². The first-order valence-electron chi connectivity index (χ1n) is 10.5. The number of anilines is 1. The molecule has 0 aliphatic carbocycles. The van der Waals surface area contributed by atoms with E-state index < -0.39 is 17.6 Å². The normalized spacial score (nSPS) is 11.5. The van der Waals surface area contributed by atoms with E-state index in [4.69, 9.17) is 21.1 Å². The van der Waals surface area contributed by atoms with Crippen LogP contribution in [0.5, 0.6) is 11.5 Å². The van der Waals surface area contributed by atoms with E-state index in [1.165, 1.54) is 18.2 Å². The first-order chi connectivity index (χ1) is 17.1. The third kappa shape index (κ3) is 7.26. The number of nitrogens with zero attached hydrogens (tertiary/aromatic N) is 1. The van der Waals surface area contributed by atoms with Gasteiger partial charge in [-0.25, -0.2) is 0 Å². The number of amides is 1. The van der Waals surface area contributed by atoms with Gasteiger partial charge in [0, 0.05) is 15.2 Å². The van der Waals surface area contributed by atoms with Gasteiger partial charge in [0.15, 0.2) is 11.5 Å². The summed E-state index contributed by atoms with van der Waals surface area (Å²) >= 11 is 9.32. The number of nitrogens with one attached hydrogen (secondary N) is 1. The van der Waals surface area contributed by atoms with Gasteiger partial charge < -0.3 is 14.8 Å². The first kappa shape index (κ1) is 27.1. The van der Waals surface area contributed by atoms with Gasteiger partial charge in [-0.1, -0.05) is 45.7 Å². The summed E-state index contributed by atoms with van der Waals surface area (Å²) in [6.45, 7) is 2.38. The molecule has 0 aliphatic rings. The van der Waals surface area contributed by atoms with Gasteiger partial charge in [-0.15, -0.1) is 0 Å². The Bertz CT molecular complexity index is 1320. The van der Waals surface area contributed by atoms with Crippen LogP contribution in [0.15, 0.2) is 70.7 Å². The molecule has 10 heteroatoms. The Labute approximate surface area is 219 Å². The maximum Gasteiger partial charge on any atom is 0.416 e. The molecule has 0 atom stereocenters. The fraction of sp³-hybridized carbons (Fsp3) is 0.154. The van der Waals surface area contributed by atoms with Gasteiger partial charge in [-0.2, -0.15) is 18.4 Å². The molecule has 0 spiro atoms. The second-order valence-electron chi connectivity index (χ2n) is 7.37. The van der Waals surface area contributed by atoms with E-state index in [1.54, 1.807) is 37.3 Å². The second kappa shape index (κ2) is 12.0. The van der Waals surface area contributed by atoms with Crippen molar-refractivity contribution in [2.24, 2.45) is 0 Å². The lowest BCUT2D eigenvalue weighted by molar-refractivity contribution is -0.137. The molecule has 0 saturated carbocycles. The fourth-order valence-electron chi connectivity index (χ4n) is 3.06. The highest BCUT2D eigenvalue weighted by Crippen LogP contribution is 2.36. The molecule has 0 fully saturated rings. The number of rotatable bonds is 8. The van der Waals surface area contributed by atoms with Crippen LogP contribution in [0.25, 0.3) is 6.08 Å². The van der Waals surface area contributed by atoms with Gasteiger partial charge >= 0.3 is 6.18 Å². The minimum atomic E-state index is -4.56. The third-order valence-electron chi connectivity index (χ3n) is 4.78. The third-order valence-corrected chi connectivity index (χ3v) is 5.72. The minimum Gasteiger partial charge on any atom is -0.490 e. The summed E-state index contributed by atoms with van der Waals surface area (Å²) in [5, 5.41) is 12.5. The Morgan fingerprint density at radius 3 is 2.44 bits per heavy atom. The van der Waals surface area contributed by atoms with Crippen LogP contribution in [0.1, 0.15) is 23.6 Å². The van der Waals surface area contributed by atoms with E-state index in [2.05, 4.69) is 21.2 Å². The van der Waals surface area contributed by atoms with Crippen molar-refractivity contribution in [1.82, 2.24) is 0 Å². The van der Waals surface area contributed by atoms with Crippen LogP contribution in [-0.4, -0.2) is 12.5 Å². The minimum absolute atomic E-state index is 0.0870. The zero-order chi connectivity index (χ0) is 26.3. The van der Waals surface area contributed by atoms with Crippen molar-refractivity contribution in [3.8, 4) is 17.6 Å². The molecule has 36 heavy (non-hydrogen) atoms. The van der Waals surface area contributed by atoms with E-state index >= 15 is 0 Å². The van der Waals surface area contributed by atoms with E-state index in [0.717, 1.165) is 17.7 Å². The second-order valence-corrected chi connectivity index (χ2v) is 8.66. The van der Waals surface area contributed by atoms with Gasteiger partial charge in [0.2, 0.25) is 0 Å². The van der Waals surface area contributed by atoms with Crippen LogP contribution in [-0.2, 0) is 17.6 Å². The van der Waals surface area contributed by atoms with E-state index in [0.29, 0.717) is 33.2 Å². The van der Waals surface area contributed by atoms with Gasteiger partial charge in [-0.3, -0.25) is 4.79 Å². The molecule has 0 bridgehead atoms. The highest BCUT2D eigenvalue weighted by atomic mass is 79.9. The summed E-state index contributed by atoms with van der Waals surface area (Å²) in [6.07, 6.45) is -3.26. The van der Waals surface area contributed by atoms with Gasteiger partial charge in [0.05, 0.1) is 12.2 Å². The van der Waals surface area contributed by atoms with Crippen molar-refractivity contribution >= 4 is 45.2 Å². The lowest BCUT2D eigenvalue weighted by Gasteiger charge is -2.14. The number of benzene rings is 3. The first-order valence-corrected chi connectivity index (χ1v) is 11.7. The van der Waals surface area contributed by atoms with E-state index in [9.17, 15) is 23.2 Å². The Morgan fingerprint density at radius 1 is 1.11 bits per heavy atom. The molecular weight excluding hydrogens is 561 g/mol. The molecule has 1 N–H and O–H groups in total. The molecule has 3 aromatic carbocycles. The zero-order valence-electron chi connectivity index (χ0n) is 18.8. The number of hydrogen-bond donors (Lipinski definition) is 1. The van der Waals surface area contributed by atoms with E-state index in [-0.39, 0.29) is 17.9 Å². The van der Waals surface area contributed by atoms with Crippen LogP contribution in [0.3, 0.4) is 0 Å². The highest BCUT2D eigenvalue weighted by Gasteiger charge is 2.30. The lowest BCUT2D eigenvalue weighted by Crippen LogP contribution is -2.14. The van der Waals surface area contributed by atoms with Crippen LogP contribution < -0.4 is 14.8 Å². The van der Waals surface area contributed by atoms with Crippen molar-refractivity contribution in [3.63, 3.8) is 0 Å². The predicted molar refractivity (Wildman–Crippen MR) is 135 cm³/mol. The topological polar surface area (TPSA) is 71.3 Å². The zero-order valence-corrected chi connectivity index (χ0v) is 21.2. The standard InChI is InChI=1S/C26H19BrClF3N2O3/c1-2-35-23-11-17(22(27)13-24(23)36-15-16-6-8-20(28)9-7-16)10-18(14-32)25(34)33-21-5-3-4-19(12-21)26(29,30)31/h3-13H,2,15H2,1H3,(H,33,34)/b18-10+. The maximum absolute atomic E-state index is 13.0. The molecule has 186 valence electrons. The molecule has 0 aliphatic heterocycles. The summed E-state index contributed by atoms with van der Waals surface area (Å²) in [5.41, 5.74) is 0.00970. The summed E-state index contributed by atoms with van der Waals surface area (Å²) in [5.74, 6) is -0.0380. The maximum atomic E-state index is 13.0. The van der Waals surface area contributed by atoms with Gasteiger partial charge in [0.1, 0.15) is 18.2 Å². The molecule has 0 unspecified atom stereocenters. The van der Waals surface area contributed by atoms with Crippen LogP contribution >= 0.6 is 27.5 Å². The molecule has 3 rings (SSSR count). The monoisotopic (exact) mass is 578 g/mol. The summed E-state index contributed by atoms with van der Waals surface area (Å²) in [6, 6.07) is 16.3. The molecular formula is C26H19BrClF3N2O3. The largest absolute Gasteiger partial charge is 0.490 e. The van der Waals surface area contributed by atoms with E-state index in [1.807, 2.05) is 12.1 Å². The van der Waals surface area contributed by atoms with Crippen molar-refractivity contribution in [3.05, 3.63) is 92.4 Å². The molecule has 0 radical (unpaired) electrons. The van der Waals surface area contributed by atoms with Crippen LogP contribution in [0, 0.1) is 11.3 Å². The smallest absolute Gasteiger partial charge is 0.416 e. The van der Waals surface area contributed by atoms with Crippen LogP contribution in [0.2, 0.25) is 5.02 Å². The summed E-state index contributed by atoms with van der Waals surface area (Å²) < 4.78 is 50.9. The number of carbonyl (C=O) groups is 1. The molecule has 1 amide bonds. The number of ether oxygens (including phenoxy) is 2. The fourth-order valence-corrected chi connectivity index (χ4v) is 3.62. The molecule has 5 nitrogen and oxygen atoms in total. The van der Waals surface area contributed by atoms with Crippen LogP contribution in [0.4, 0.5) is 18.9 Å². The number of carbonyl (C=O) groups excluding carboxylic acids is 1. The predicted octanol–water partition coefficient (Wildman–Crippen LogP) is 7.64. The number of alkyl halides is 3. The van der Waals surface area contributed by atoms with Gasteiger partial charge in [0.25, 0.3) is 5.91 Å². The Hall–Kier alpha value is -3.48. The summed E-state index contributed by atoms with van der Waals surface area (Å²) in [4.78, 5) is 12.6. The quantitative estimate of drug-likeness (QED) is 0.220. The average Bonchev–Trinajstić information content (AvgIpc) is 2.83. The molecule has 0 heterocycles. The van der Waals surface area contributed by atoms with Crippen molar-refractivity contribution < 1.29 is 27.4 Å². The molecule has 0 saturated heterocycles. The Kier molecular flexibility index (Phi) is 9.02. The number of nitriles is 1. The highest BCUT2D eigenvalue weighted by molar-refractivity contribution is 9.10. The number of halogens is 5. The molecule has 0 aromatic heterocycles. The Morgan fingerprint density at radius 2 is 1.81 bits per heavy atom.